The fourth-order valence-corrected chi connectivity index (χ4v) is 2.02. The van der Waals surface area contributed by atoms with Gasteiger partial charge in [0.15, 0.2) is 0 Å². The minimum absolute atomic E-state index is 0.733. The lowest BCUT2D eigenvalue weighted by molar-refractivity contribution is 0.394. The molecule has 1 aromatic carbocycles. The van der Waals surface area contributed by atoms with Crippen molar-refractivity contribution in [3.8, 4) is 0 Å². The molecule has 0 amide bonds. The minimum atomic E-state index is 0.733. The highest BCUT2D eigenvalue weighted by Crippen LogP contribution is 2.29. The van der Waals surface area contributed by atoms with Crippen molar-refractivity contribution in [1.82, 2.24) is 0 Å². The average Bonchev–Trinajstić information content (AvgIpc) is 2.16. The Balaban J connectivity index is 2.24. The van der Waals surface area contributed by atoms with Crippen molar-refractivity contribution in [1.29, 1.82) is 0 Å². The Kier molecular flexibility index (Phi) is 2.36. The van der Waals surface area contributed by atoms with Crippen LogP contribution in [0.2, 0.25) is 0 Å². The zero-order valence-electron chi connectivity index (χ0n) is 8.88. The largest absolute Gasteiger partial charge is 0.399 e. The van der Waals surface area contributed by atoms with Crippen LogP contribution < -0.4 is 11.1 Å². The van der Waals surface area contributed by atoms with Gasteiger partial charge < -0.3 is 11.1 Å². The van der Waals surface area contributed by atoms with E-state index in [-0.39, 0.29) is 0 Å². The van der Waals surface area contributed by atoms with Crippen LogP contribution in [0.3, 0.4) is 0 Å². The molecule has 0 aromatic heterocycles. The second-order valence-corrected chi connectivity index (χ2v) is 4.51. The number of benzene rings is 1. The molecule has 76 valence electrons. The van der Waals surface area contributed by atoms with Crippen LogP contribution in [0.15, 0.2) is 18.2 Å². The van der Waals surface area contributed by atoms with Crippen LogP contribution >= 0.6 is 0 Å². The summed E-state index contributed by atoms with van der Waals surface area (Å²) in [6, 6.07) is 6.14. The molecular formula is C12H18N2. The summed E-state index contributed by atoms with van der Waals surface area (Å²) in [6.07, 6.45) is 1.16. The standard InChI is InChI=1S/C12H18N2/c1-8(2)10-5-9-6-11(13)3-4-12(9)14-7-10/h3-4,6,8,10,14H,5,7,13H2,1-2H3. The second-order valence-electron chi connectivity index (χ2n) is 4.51. The van der Waals surface area contributed by atoms with E-state index >= 15 is 0 Å². The quantitative estimate of drug-likeness (QED) is 0.668. The van der Waals surface area contributed by atoms with E-state index in [1.165, 1.54) is 11.3 Å². The fraction of sp³-hybridized carbons (Fsp3) is 0.500. The molecule has 2 rings (SSSR count). The molecule has 0 fully saturated rings. The Morgan fingerprint density at radius 1 is 1.43 bits per heavy atom. The summed E-state index contributed by atoms with van der Waals surface area (Å²) in [5.41, 5.74) is 9.28. The van der Waals surface area contributed by atoms with E-state index in [9.17, 15) is 0 Å². The lowest BCUT2D eigenvalue weighted by Gasteiger charge is -2.29. The van der Waals surface area contributed by atoms with Gasteiger partial charge in [0.2, 0.25) is 0 Å². The molecule has 1 atom stereocenters. The lowest BCUT2D eigenvalue weighted by atomic mass is 9.86. The van der Waals surface area contributed by atoms with Crippen molar-refractivity contribution < 1.29 is 0 Å². The van der Waals surface area contributed by atoms with E-state index in [2.05, 4.69) is 31.3 Å². The van der Waals surface area contributed by atoms with Gasteiger partial charge in [0.1, 0.15) is 0 Å². The van der Waals surface area contributed by atoms with Gasteiger partial charge in [-0.2, -0.15) is 0 Å². The number of rotatable bonds is 1. The molecule has 2 nitrogen and oxygen atoms in total. The molecule has 14 heavy (non-hydrogen) atoms. The topological polar surface area (TPSA) is 38.0 Å². The summed E-state index contributed by atoms with van der Waals surface area (Å²) in [7, 11) is 0. The number of anilines is 2. The highest BCUT2D eigenvalue weighted by atomic mass is 14.9. The van der Waals surface area contributed by atoms with Crippen LogP contribution in [0, 0.1) is 11.8 Å². The molecule has 0 saturated carbocycles. The van der Waals surface area contributed by atoms with Crippen LogP contribution in [0.25, 0.3) is 0 Å². The molecule has 0 bridgehead atoms. The summed E-state index contributed by atoms with van der Waals surface area (Å²) < 4.78 is 0. The minimum Gasteiger partial charge on any atom is -0.399 e. The molecule has 2 heteroatoms. The van der Waals surface area contributed by atoms with Gasteiger partial charge >= 0.3 is 0 Å². The number of nitrogen functional groups attached to an aromatic ring is 1. The summed E-state index contributed by atoms with van der Waals surface area (Å²) in [5.74, 6) is 1.47. The van der Waals surface area contributed by atoms with Crippen LogP contribution in [0.5, 0.6) is 0 Å². The maximum absolute atomic E-state index is 5.78. The Bertz CT molecular complexity index is 331. The van der Waals surface area contributed by atoms with Gasteiger partial charge in [-0.3, -0.25) is 0 Å². The highest BCUT2D eigenvalue weighted by molar-refractivity contribution is 5.59. The van der Waals surface area contributed by atoms with Crippen molar-refractivity contribution in [2.45, 2.75) is 20.3 Å². The monoisotopic (exact) mass is 190 g/mol. The average molecular weight is 190 g/mol. The smallest absolute Gasteiger partial charge is 0.0374 e. The van der Waals surface area contributed by atoms with Gasteiger partial charge in [-0.05, 0) is 42.0 Å². The number of hydrogen-bond donors (Lipinski definition) is 2. The maximum Gasteiger partial charge on any atom is 0.0374 e. The van der Waals surface area contributed by atoms with Crippen molar-refractivity contribution in [3.63, 3.8) is 0 Å². The van der Waals surface area contributed by atoms with Gasteiger partial charge in [-0.15, -0.1) is 0 Å². The third kappa shape index (κ3) is 1.69. The van der Waals surface area contributed by atoms with Gasteiger partial charge in [-0.1, -0.05) is 13.8 Å². The fourth-order valence-electron chi connectivity index (χ4n) is 2.02. The Labute approximate surface area is 85.5 Å². The third-order valence-corrected chi connectivity index (χ3v) is 3.11. The third-order valence-electron chi connectivity index (χ3n) is 3.11. The van der Waals surface area contributed by atoms with Gasteiger partial charge in [0.25, 0.3) is 0 Å². The predicted octanol–water partition coefficient (Wildman–Crippen LogP) is 2.51. The van der Waals surface area contributed by atoms with Crippen LogP contribution in [0.4, 0.5) is 11.4 Å². The van der Waals surface area contributed by atoms with Crippen LogP contribution in [0.1, 0.15) is 19.4 Å². The van der Waals surface area contributed by atoms with Crippen LogP contribution in [-0.2, 0) is 6.42 Å². The molecule has 0 radical (unpaired) electrons. The first-order valence-electron chi connectivity index (χ1n) is 5.29. The van der Waals surface area contributed by atoms with Gasteiger partial charge in [0, 0.05) is 17.9 Å². The van der Waals surface area contributed by atoms with E-state index in [4.69, 9.17) is 5.73 Å². The molecule has 1 aromatic rings. The SMILES string of the molecule is CC(C)C1CNc2ccc(N)cc2C1. The Morgan fingerprint density at radius 3 is 2.93 bits per heavy atom. The summed E-state index contributed by atoms with van der Waals surface area (Å²) in [6.45, 7) is 5.65. The number of fused-ring (bicyclic) bond motifs is 1. The molecule has 1 unspecified atom stereocenters. The normalized spacial score (nSPS) is 20.4. The summed E-state index contributed by atoms with van der Waals surface area (Å²) in [5, 5.41) is 3.47. The number of hydrogen-bond acceptors (Lipinski definition) is 2. The molecule has 3 N–H and O–H groups in total. The molecule has 1 aliphatic rings. The number of nitrogens with one attached hydrogen (secondary N) is 1. The second kappa shape index (κ2) is 3.52. The zero-order valence-corrected chi connectivity index (χ0v) is 8.88. The van der Waals surface area contributed by atoms with E-state index in [0.717, 1.165) is 30.5 Å². The van der Waals surface area contributed by atoms with E-state index in [1.54, 1.807) is 0 Å². The van der Waals surface area contributed by atoms with Crippen molar-refractivity contribution >= 4 is 11.4 Å². The molecule has 0 spiro atoms. The van der Waals surface area contributed by atoms with Gasteiger partial charge in [-0.25, -0.2) is 0 Å². The first-order valence-corrected chi connectivity index (χ1v) is 5.29. The zero-order chi connectivity index (χ0) is 10.1. The molecular weight excluding hydrogens is 172 g/mol. The van der Waals surface area contributed by atoms with E-state index in [0.29, 0.717) is 0 Å². The molecule has 0 aliphatic carbocycles. The summed E-state index contributed by atoms with van der Waals surface area (Å²) in [4.78, 5) is 0. The predicted molar refractivity (Wildman–Crippen MR) is 61.4 cm³/mol. The van der Waals surface area contributed by atoms with Crippen molar-refractivity contribution in [3.05, 3.63) is 23.8 Å². The Hall–Kier alpha value is -1.18. The molecule has 0 saturated heterocycles. The molecule has 1 aliphatic heterocycles. The maximum atomic E-state index is 5.78. The number of nitrogens with two attached hydrogens (primary N) is 1. The van der Waals surface area contributed by atoms with Crippen molar-refractivity contribution in [2.75, 3.05) is 17.6 Å². The first-order chi connectivity index (χ1) is 6.66. The lowest BCUT2D eigenvalue weighted by Crippen LogP contribution is -2.27. The van der Waals surface area contributed by atoms with E-state index in [1.807, 2.05) is 6.07 Å². The highest BCUT2D eigenvalue weighted by Gasteiger charge is 2.20. The van der Waals surface area contributed by atoms with Crippen LogP contribution in [-0.4, -0.2) is 6.54 Å². The van der Waals surface area contributed by atoms with Crippen molar-refractivity contribution in [2.24, 2.45) is 11.8 Å². The molecule has 1 heterocycles. The Morgan fingerprint density at radius 2 is 2.21 bits per heavy atom. The summed E-state index contributed by atoms with van der Waals surface area (Å²) >= 11 is 0. The van der Waals surface area contributed by atoms with Gasteiger partial charge in [0.05, 0.1) is 0 Å². The first kappa shape index (κ1) is 9.38. The van der Waals surface area contributed by atoms with E-state index < -0.39 is 0 Å².